The summed E-state index contributed by atoms with van der Waals surface area (Å²) in [5.74, 6) is 0. The molecule has 1 fully saturated rings. The van der Waals surface area contributed by atoms with Crippen molar-refractivity contribution in [1.82, 2.24) is 5.01 Å². The van der Waals surface area contributed by atoms with E-state index in [0.29, 0.717) is 17.7 Å². The van der Waals surface area contributed by atoms with E-state index in [1.54, 1.807) is 0 Å². The summed E-state index contributed by atoms with van der Waals surface area (Å²) in [6.07, 6.45) is 4.24. The Hall–Kier alpha value is -2.41. The Labute approximate surface area is 217 Å². The number of hydrogen-bond acceptors (Lipinski definition) is 4. The monoisotopic (exact) mass is 497 g/mol. The first-order chi connectivity index (χ1) is 17.1. The van der Waals surface area contributed by atoms with Gasteiger partial charge in [0.1, 0.15) is 25.2 Å². The summed E-state index contributed by atoms with van der Waals surface area (Å²) in [6.45, 7) is 10.4. The zero-order valence-electron chi connectivity index (χ0n) is 22.8. The summed E-state index contributed by atoms with van der Waals surface area (Å²) in [6, 6.07) is 20.9. The molecule has 0 aromatic heterocycles. The summed E-state index contributed by atoms with van der Waals surface area (Å²) in [5.41, 5.74) is 1.89. The van der Waals surface area contributed by atoms with Gasteiger partial charge in [-0.2, -0.15) is 0 Å². The van der Waals surface area contributed by atoms with Gasteiger partial charge in [0.15, 0.2) is 6.29 Å². The van der Waals surface area contributed by atoms with Crippen LogP contribution >= 0.6 is 0 Å². The maximum absolute atomic E-state index is 13.7. The van der Waals surface area contributed by atoms with Gasteiger partial charge in [-0.25, -0.2) is 9.39 Å². The first-order valence-corrected chi connectivity index (χ1v) is 13.3. The molecule has 0 radical (unpaired) electrons. The minimum absolute atomic E-state index is 0.192. The lowest BCUT2D eigenvalue weighted by atomic mass is 10.1. The Morgan fingerprint density at radius 2 is 1.69 bits per heavy atom. The number of carbonyl (C=O) groups excluding carboxylic acids is 1. The first-order valence-electron chi connectivity index (χ1n) is 13.3. The molecule has 2 aromatic rings. The molecule has 3 rings (SSSR count). The molecule has 0 N–H and O–H groups in total. The second kappa shape index (κ2) is 13.2. The van der Waals surface area contributed by atoms with E-state index in [2.05, 4.69) is 43.4 Å². The number of quaternary nitrogens is 1. The van der Waals surface area contributed by atoms with Crippen LogP contribution in [-0.2, 0) is 27.2 Å². The van der Waals surface area contributed by atoms with Crippen LogP contribution < -0.4 is 0 Å². The highest BCUT2D eigenvalue weighted by molar-refractivity contribution is 5.66. The Morgan fingerprint density at radius 3 is 2.28 bits per heavy atom. The van der Waals surface area contributed by atoms with Crippen LogP contribution in [0.15, 0.2) is 60.7 Å². The van der Waals surface area contributed by atoms with E-state index < -0.39 is 5.60 Å². The van der Waals surface area contributed by atoms with Gasteiger partial charge in [-0.3, -0.25) is 0 Å². The molecule has 2 unspecified atom stereocenters. The molecule has 6 nitrogen and oxygen atoms in total. The fourth-order valence-corrected chi connectivity index (χ4v) is 4.68. The van der Waals surface area contributed by atoms with E-state index in [4.69, 9.17) is 14.2 Å². The molecule has 198 valence electrons. The molecule has 0 spiro atoms. The number of benzene rings is 2. The fourth-order valence-electron chi connectivity index (χ4n) is 4.68. The predicted octanol–water partition coefficient (Wildman–Crippen LogP) is 6.35. The van der Waals surface area contributed by atoms with Crippen LogP contribution in [-0.4, -0.2) is 60.4 Å². The minimum Gasteiger partial charge on any atom is -0.441 e. The van der Waals surface area contributed by atoms with E-state index in [9.17, 15) is 4.79 Å². The van der Waals surface area contributed by atoms with E-state index in [-0.39, 0.29) is 18.5 Å². The van der Waals surface area contributed by atoms with E-state index in [0.717, 1.165) is 45.3 Å². The lowest BCUT2D eigenvalue weighted by molar-refractivity contribution is -1.02. The lowest BCUT2D eigenvalue weighted by Crippen LogP contribution is -2.62. The molecular formula is C30H45N2O4+. The first kappa shape index (κ1) is 28.2. The Kier molecular flexibility index (Phi) is 10.3. The minimum atomic E-state index is -0.590. The van der Waals surface area contributed by atoms with Crippen molar-refractivity contribution in [3.05, 3.63) is 71.8 Å². The maximum atomic E-state index is 13.7. The van der Waals surface area contributed by atoms with Crippen molar-refractivity contribution in [1.29, 1.82) is 0 Å². The van der Waals surface area contributed by atoms with Crippen molar-refractivity contribution < 1.29 is 23.6 Å². The van der Waals surface area contributed by atoms with Gasteiger partial charge < -0.3 is 14.2 Å². The summed E-state index contributed by atoms with van der Waals surface area (Å²) in [5, 5.41) is 1.86. The molecule has 1 heterocycles. The number of carbonyl (C=O) groups is 1. The van der Waals surface area contributed by atoms with Gasteiger partial charge in [0.05, 0.1) is 13.2 Å². The number of ether oxygens (including phenoxy) is 3. The third-order valence-corrected chi connectivity index (χ3v) is 6.45. The molecule has 1 aliphatic heterocycles. The van der Waals surface area contributed by atoms with Crippen LogP contribution in [0.4, 0.5) is 4.79 Å². The van der Waals surface area contributed by atoms with Gasteiger partial charge in [0.2, 0.25) is 0 Å². The summed E-state index contributed by atoms with van der Waals surface area (Å²) < 4.78 is 18.4. The largest absolute Gasteiger partial charge is 0.455 e. The van der Waals surface area contributed by atoms with Crippen LogP contribution in [0.2, 0.25) is 0 Å². The Balaban J connectivity index is 1.83. The van der Waals surface area contributed by atoms with Crippen LogP contribution in [0, 0.1) is 0 Å². The Morgan fingerprint density at radius 1 is 1.06 bits per heavy atom. The second-order valence-corrected chi connectivity index (χ2v) is 11.1. The highest BCUT2D eigenvalue weighted by Crippen LogP contribution is 2.24. The highest BCUT2D eigenvalue weighted by atomic mass is 16.7. The highest BCUT2D eigenvalue weighted by Gasteiger charge is 2.39. The van der Waals surface area contributed by atoms with E-state index in [1.165, 1.54) is 11.1 Å². The van der Waals surface area contributed by atoms with Gasteiger partial charge in [-0.15, -0.1) is 5.01 Å². The van der Waals surface area contributed by atoms with Crippen molar-refractivity contribution >= 4 is 6.09 Å². The van der Waals surface area contributed by atoms with Gasteiger partial charge in [-0.1, -0.05) is 60.7 Å². The van der Waals surface area contributed by atoms with E-state index in [1.807, 2.05) is 57.0 Å². The molecule has 1 aliphatic rings. The molecule has 6 heteroatoms. The van der Waals surface area contributed by atoms with Crippen molar-refractivity contribution in [2.24, 2.45) is 0 Å². The number of hydrogen-bond donors (Lipinski definition) is 0. The van der Waals surface area contributed by atoms with Crippen molar-refractivity contribution in [3.8, 4) is 0 Å². The predicted molar refractivity (Wildman–Crippen MR) is 143 cm³/mol. The smallest absolute Gasteiger partial charge is 0.441 e. The van der Waals surface area contributed by atoms with Crippen LogP contribution in [0.3, 0.4) is 0 Å². The third kappa shape index (κ3) is 9.23. The molecule has 0 saturated carbocycles. The van der Waals surface area contributed by atoms with Gasteiger partial charge >= 0.3 is 6.09 Å². The average Bonchev–Trinajstić information content (AvgIpc) is 2.83. The standard InChI is InChI=1S/C30H45N2O4/c1-25(35-28-20-12-13-22-34-28)23-31(29(33)36-30(2,3)4)32(5,24-27-17-10-7-11-18-27)21-14-19-26-15-8-6-9-16-26/h6-11,15-18,25,28H,12-14,19-24H2,1-5H3/q+1/t25?,28?,32-/m1/s1. The van der Waals surface area contributed by atoms with E-state index >= 15 is 0 Å². The second-order valence-electron chi connectivity index (χ2n) is 11.1. The number of amides is 1. The SMILES string of the molecule is CC(CN(C(=O)OC(C)(C)C)[N@+](C)(CCCc1ccccc1)Cc1ccccc1)OC1CCCCO1. The molecule has 36 heavy (non-hydrogen) atoms. The Bertz CT molecular complexity index is 910. The van der Waals surface area contributed by atoms with Gasteiger partial charge in [0.25, 0.3) is 0 Å². The summed E-state index contributed by atoms with van der Waals surface area (Å²) in [7, 11) is 2.13. The molecule has 0 aliphatic carbocycles. The van der Waals surface area contributed by atoms with Crippen molar-refractivity contribution in [3.63, 3.8) is 0 Å². The summed E-state index contributed by atoms with van der Waals surface area (Å²) >= 11 is 0. The fraction of sp³-hybridized carbons (Fsp3) is 0.567. The quantitative estimate of drug-likeness (QED) is 0.268. The van der Waals surface area contributed by atoms with Crippen LogP contribution in [0.1, 0.15) is 64.5 Å². The normalized spacial score (nSPS) is 18.8. The zero-order chi connectivity index (χ0) is 26.0. The van der Waals surface area contributed by atoms with Gasteiger partial charge in [0, 0.05) is 18.6 Å². The lowest BCUT2D eigenvalue weighted by Gasteiger charge is -2.44. The number of nitrogens with zero attached hydrogens (tertiary/aromatic N) is 2. The maximum Gasteiger partial charge on any atom is 0.455 e. The summed E-state index contributed by atoms with van der Waals surface area (Å²) in [4.78, 5) is 13.7. The average molecular weight is 498 g/mol. The molecule has 1 saturated heterocycles. The van der Waals surface area contributed by atoms with Crippen LogP contribution in [0.25, 0.3) is 0 Å². The molecule has 3 atom stereocenters. The third-order valence-electron chi connectivity index (χ3n) is 6.45. The molecular weight excluding hydrogens is 452 g/mol. The molecule has 0 bridgehead atoms. The topological polar surface area (TPSA) is 48.0 Å². The zero-order valence-corrected chi connectivity index (χ0v) is 22.8. The number of rotatable bonds is 11. The number of aryl methyl sites for hydroxylation is 1. The van der Waals surface area contributed by atoms with Crippen molar-refractivity contribution in [2.75, 3.05) is 26.7 Å². The van der Waals surface area contributed by atoms with Crippen molar-refractivity contribution in [2.45, 2.75) is 84.3 Å². The van der Waals surface area contributed by atoms with Gasteiger partial charge in [-0.05, 0) is 58.9 Å². The molecule has 2 aromatic carbocycles. The molecule has 1 amide bonds. The van der Waals surface area contributed by atoms with Crippen LogP contribution in [0.5, 0.6) is 0 Å².